The van der Waals surface area contributed by atoms with Crippen molar-refractivity contribution in [3.05, 3.63) is 12.4 Å². The maximum Gasteiger partial charge on any atom is 0.234 e. The van der Waals surface area contributed by atoms with Crippen LogP contribution in [0.1, 0.15) is 32.1 Å². The highest BCUT2D eigenvalue weighted by molar-refractivity contribution is 5.85. The van der Waals surface area contributed by atoms with Crippen LogP contribution in [0.25, 0.3) is 0 Å². The number of halogens is 2. The smallest absolute Gasteiger partial charge is 0.234 e. The lowest BCUT2D eigenvalue weighted by atomic mass is 9.95. The fourth-order valence-corrected chi connectivity index (χ4v) is 3.49. The third kappa shape index (κ3) is 5.53. The van der Waals surface area contributed by atoms with E-state index in [9.17, 15) is 4.79 Å². The summed E-state index contributed by atoms with van der Waals surface area (Å²) in [5.74, 6) is 1.21. The molecule has 1 aliphatic carbocycles. The number of piperazine rings is 1. The fraction of sp³-hybridized carbons (Fsp3) is 0.750. The van der Waals surface area contributed by atoms with E-state index in [1.165, 1.54) is 19.3 Å². The lowest BCUT2D eigenvalue weighted by Gasteiger charge is -2.35. The molecule has 2 aliphatic rings. The summed E-state index contributed by atoms with van der Waals surface area (Å²) in [5.41, 5.74) is 0. The Morgan fingerprint density at radius 1 is 1.17 bits per heavy atom. The Morgan fingerprint density at radius 2 is 1.83 bits per heavy atom. The summed E-state index contributed by atoms with van der Waals surface area (Å²) in [5, 5.41) is 3.20. The zero-order valence-corrected chi connectivity index (χ0v) is 15.9. The zero-order valence-electron chi connectivity index (χ0n) is 14.3. The largest absolute Gasteiger partial charge is 0.352 e. The van der Waals surface area contributed by atoms with Gasteiger partial charge in [-0.05, 0) is 12.8 Å². The van der Waals surface area contributed by atoms with E-state index in [0.29, 0.717) is 12.6 Å². The number of imidazole rings is 1. The lowest BCUT2D eigenvalue weighted by molar-refractivity contribution is -0.123. The van der Waals surface area contributed by atoms with E-state index in [1.54, 1.807) is 0 Å². The Balaban J connectivity index is 0.00000144. The van der Waals surface area contributed by atoms with Gasteiger partial charge in [-0.15, -0.1) is 24.8 Å². The first-order chi connectivity index (χ1) is 10.7. The standard InChI is InChI=1S/C16H27N5O.2ClH/c1-19-8-7-17-16(19)21-11-9-20(10-12-21)13-15(22)18-14-5-3-2-4-6-14;;/h7-8,14H,2-6,9-13H2,1H3,(H,18,22);2*1H. The van der Waals surface area contributed by atoms with Gasteiger partial charge in [-0.3, -0.25) is 9.69 Å². The molecule has 3 rings (SSSR count). The van der Waals surface area contributed by atoms with Crippen LogP contribution in [-0.2, 0) is 11.8 Å². The summed E-state index contributed by atoms with van der Waals surface area (Å²) < 4.78 is 2.05. The molecule has 1 aliphatic heterocycles. The Bertz CT molecular complexity index is 496. The number of carbonyl (C=O) groups is 1. The van der Waals surface area contributed by atoms with Gasteiger partial charge in [-0.1, -0.05) is 19.3 Å². The van der Waals surface area contributed by atoms with E-state index in [0.717, 1.165) is 45.0 Å². The average molecular weight is 378 g/mol. The van der Waals surface area contributed by atoms with Crippen LogP contribution in [-0.4, -0.2) is 59.1 Å². The molecule has 1 amide bonds. The maximum absolute atomic E-state index is 12.2. The van der Waals surface area contributed by atoms with Crippen LogP contribution < -0.4 is 10.2 Å². The first-order valence-corrected chi connectivity index (χ1v) is 8.46. The minimum Gasteiger partial charge on any atom is -0.352 e. The van der Waals surface area contributed by atoms with Crippen LogP contribution in [0, 0.1) is 0 Å². The second-order valence-electron chi connectivity index (χ2n) is 6.50. The van der Waals surface area contributed by atoms with Crippen molar-refractivity contribution in [3.8, 4) is 0 Å². The predicted molar refractivity (Wildman–Crippen MR) is 101 cm³/mol. The van der Waals surface area contributed by atoms with Gasteiger partial charge >= 0.3 is 0 Å². The lowest BCUT2D eigenvalue weighted by Crippen LogP contribution is -2.51. The number of hydrogen-bond donors (Lipinski definition) is 1. The van der Waals surface area contributed by atoms with E-state index in [2.05, 4.69) is 20.1 Å². The maximum atomic E-state index is 12.2. The molecular weight excluding hydrogens is 349 g/mol. The summed E-state index contributed by atoms with van der Waals surface area (Å²) >= 11 is 0. The predicted octanol–water partition coefficient (Wildman–Crippen LogP) is 1.83. The van der Waals surface area contributed by atoms with Crippen molar-refractivity contribution in [2.45, 2.75) is 38.1 Å². The third-order valence-electron chi connectivity index (χ3n) is 4.79. The van der Waals surface area contributed by atoms with Crippen molar-refractivity contribution in [1.29, 1.82) is 0 Å². The highest BCUT2D eigenvalue weighted by Gasteiger charge is 2.22. The van der Waals surface area contributed by atoms with Gasteiger partial charge in [-0.2, -0.15) is 0 Å². The van der Waals surface area contributed by atoms with Crippen molar-refractivity contribution < 1.29 is 4.79 Å². The first-order valence-electron chi connectivity index (χ1n) is 8.46. The molecule has 1 saturated heterocycles. The molecule has 2 fully saturated rings. The number of aryl methyl sites for hydroxylation is 1. The van der Waals surface area contributed by atoms with Crippen molar-refractivity contribution in [1.82, 2.24) is 19.8 Å². The minimum absolute atomic E-state index is 0. The molecule has 8 heteroatoms. The highest BCUT2D eigenvalue weighted by Crippen LogP contribution is 2.17. The fourth-order valence-electron chi connectivity index (χ4n) is 3.49. The number of rotatable bonds is 4. The van der Waals surface area contributed by atoms with Crippen molar-refractivity contribution in [3.63, 3.8) is 0 Å². The monoisotopic (exact) mass is 377 g/mol. The number of nitrogens with zero attached hydrogens (tertiary/aromatic N) is 4. The van der Waals surface area contributed by atoms with Crippen LogP contribution in [0.5, 0.6) is 0 Å². The van der Waals surface area contributed by atoms with Crippen molar-refractivity contribution in [2.75, 3.05) is 37.6 Å². The van der Waals surface area contributed by atoms with E-state index >= 15 is 0 Å². The molecule has 24 heavy (non-hydrogen) atoms. The van der Waals surface area contributed by atoms with Gasteiger partial charge in [0.25, 0.3) is 0 Å². The number of amides is 1. The first kappa shape index (κ1) is 21.1. The second-order valence-corrected chi connectivity index (χ2v) is 6.50. The van der Waals surface area contributed by atoms with E-state index in [4.69, 9.17) is 0 Å². The molecule has 1 aromatic rings. The molecular formula is C16H29Cl2N5O. The molecule has 1 aromatic heterocycles. The Labute approximate surface area is 156 Å². The minimum atomic E-state index is 0. The number of nitrogens with one attached hydrogen (secondary N) is 1. The van der Waals surface area contributed by atoms with E-state index < -0.39 is 0 Å². The third-order valence-corrected chi connectivity index (χ3v) is 4.79. The number of aromatic nitrogens is 2. The van der Waals surface area contributed by atoms with Gasteiger partial charge in [0.15, 0.2) is 0 Å². The van der Waals surface area contributed by atoms with Gasteiger partial charge in [0.2, 0.25) is 11.9 Å². The Kier molecular flexibility index (Phi) is 8.87. The van der Waals surface area contributed by atoms with Crippen LogP contribution >= 0.6 is 24.8 Å². The molecule has 0 aromatic carbocycles. The van der Waals surface area contributed by atoms with Gasteiger partial charge in [0.05, 0.1) is 6.54 Å². The van der Waals surface area contributed by atoms with Crippen LogP contribution in [0.15, 0.2) is 12.4 Å². The summed E-state index contributed by atoms with van der Waals surface area (Å²) in [7, 11) is 2.02. The number of hydrogen-bond acceptors (Lipinski definition) is 4. The second kappa shape index (κ2) is 10.1. The van der Waals surface area contributed by atoms with Crippen LogP contribution in [0.4, 0.5) is 5.95 Å². The van der Waals surface area contributed by atoms with Gasteiger partial charge < -0.3 is 14.8 Å². The molecule has 0 radical (unpaired) electrons. The van der Waals surface area contributed by atoms with Gasteiger partial charge in [0, 0.05) is 51.7 Å². The summed E-state index contributed by atoms with van der Waals surface area (Å²) in [6.07, 6.45) is 9.94. The van der Waals surface area contributed by atoms with Crippen molar-refractivity contribution >= 4 is 36.7 Å². The normalized spacial score (nSPS) is 19.3. The van der Waals surface area contributed by atoms with Gasteiger partial charge in [-0.25, -0.2) is 4.98 Å². The molecule has 138 valence electrons. The van der Waals surface area contributed by atoms with E-state index in [1.807, 2.05) is 24.0 Å². The molecule has 2 heterocycles. The summed E-state index contributed by atoms with van der Waals surface area (Å²) in [6.45, 7) is 4.24. The SMILES string of the molecule is Cl.Cl.Cn1ccnc1N1CCN(CC(=O)NC2CCCCC2)CC1. The Morgan fingerprint density at radius 3 is 2.42 bits per heavy atom. The molecule has 0 bridgehead atoms. The van der Waals surface area contributed by atoms with Crippen LogP contribution in [0.2, 0.25) is 0 Å². The molecule has 6 nitrogen and oxygen atoms in total. The molecule has 1 N–H and O–H groups in total. The Hall–Kier alpha value is -0.980. The highest BCUT2D eigenvalue weighted by atomic mass is 35.5. The number of anilines is 1. The topological polar surface area (TPSA) is 53.4 Å². The summed E-state index contributed by atoms with van der Waals surface area (Å²) in [6, 6.07) is 0.412. The summed E-state index contributed by atoms with van der Waals surface area (Å²) in [4.78, 5) is 21.1. The quantitative estimate of drug-likeness (QED) is 0.869. The zero-order chi connectivity index (χ0) is 15.4. The molecule has 1 saturated carbocycles. The van der Waals surface area contributed by atoms with Crippen LogP contribution in [0.3, 0.4) is 0 Å². The number of carbonyl (C=O) groups excluding carboxylic acids is 1. The molecule has 0 atom stereocenters. The average Bonchev–Trinajstić information content (AvgIpc) is 2.95. The van der Waals surface area contributed by atoms with Gasteiger partial charge in [0.1, 0.15) is 0 Å². The van der Waals surface area contributed by atoms with Crippen molar-refractivity contribution in [2.24, 2.45) is 7.05 Å². The molecule has 0 spiro atoms. The molecule has 0 unspecified atom stereocenters. The van der Waals surface area contributed by atoms with E-state index in [-0.39, 0.29) is 30.7 Å².